The Bertz CT molecular complexity index is 1070. The Morgan fingerprint density at radius 1 is 1.00 bits per heavy atom. The zero-order chi connectivity index (χ0) is 34.5. The zero-order valence-electron chi connectivity index (χ0n) is 29.8. The fourth-order valence-electron chi connectivity index (χ4n) is 6.55. The first kappa shape index (κ1) is 38.6. The summed E-state index contributed by atoms with van der Waals surface area (Å²) in [4.78, 5) is 54.6. The maximum atomic E-state index is 13.6. The van der Waals surface area contributed by atoms with Gasteiger partial charge in [0.2, 0.25) is 17.7 Å². The van der Waals surface area contributed by atoms with Crippen LogP contribution in [0.5, 0.6) is 0 Å². The van der Waals surface area contributed by atoms with E-state index in [1.54, 1.807) is 18.8 Å². The minimum atomic E-state index is -0.763. The molecule has 0 saturated carbocycles. The highest BCUT2D eigenvalue weighted by Crippen LogP contribution is 2.36. The van der Waals surface area contributed by atoms with Gasteiger partial charge in [0.25, 0.3) is 0 Å². The van der Waals surface area contributed by atoms with E-state index in [0.717, 1.165) is 0 Å². The maximum absolute atomic E-state index is 13.6. The Balaban J connectivity index is 2.08. The third-order valence-electron chi connectivity index (χ3n) is 8.52. The molecule has 0 unspecified atom stereocenters. The Kier molecular flexibility index (Phi) is 13.1. The first-order valence-electron chi connectivity index (χ1n) is 16.6. The molecule has 2 aliphatic heterocycles. The van der Waals surface area contributed by atoms with E-state index in [2.05, 4.69) is 29.8 Å². The standard InChI is InChI=1S/C33H60BN5O6/c1-20(2)17-22(36-30(43)45-31(5,6)7)14-15-24(34)29(42)38-16-12-13-25(38)27(40)37-26(21(3)4)28(41)35-23-18-32(8,9)39(44)33(10,11)19-23/h14-15,20-26,44H,12-13,16-19,34H2,1-11H3,(H,35,41)(H,36,43)(H,37,40)/b15-14+/t22-,24+,25+,26+/m1/s1. The van der Waals surface area contributed by atoms with Crippen LogP contribution < -0.4 is 16.0 Å². The highest BCUT2D eigenvalue weighted by atomic mass is 16.6. The number of alkyl carbamates (subject to hydrolysis) is 1. The molecule has 0 aromatic rings. The van der Waals surface area contributed by atoms with Gasteiger partial charge in [0.1, 0.15) is 25.5 Å². The van der Waals surface area contributed by atoms with Crippen molar-refractivity contribution in [3.05, 3.63) is 12.2 Å². The molecule has 256 valence electrons. The number of hydroxylamine groups is 2. The highest BCUT2D eigenvalue weighted by molar-refractivity contribution is 6.25. The van der Waals surface area contributed by atoms with Crippen LogP contribution in [0.1, 0.15) is 108 Å². The molecule has 0 spiro atoms. The molecule has 4 N–H and O–H groups in total. The minimum absolute atomic E-state index is 0.162. The lowest BCUT2D eigenvalue weighted by Crippen LogP contribution is -2.64. The predicted octanol–water partition coefficient (Wildman–Crippen LogP) is 3.56. The smallest absolute Gasteiger partial charge is 0.408 e. The van der Waals surface area contributed by atoms with Crippen molar-refractivity contribution in [2.45, 2.75) is 155 Å². The lowest BCUT2D eigenvalue weighted by Gasteiger charge is -2.51. The van der Waals surface area contributed by atoms with Crippen LogP contribution in [0.25, 0.3) is 0 Å². The predicted molar refractivity (Wildman–Crippen MR) is 178 cm³/mol. The summed E-state index contributed by atoms with van der Waals surface area (Å²) < 4.78 is 5.41. The summed E-state index contributed by atoms with van der Waals surface area (Å²) in [7, 11) is 1.79. The van der Waals surface area contributed by atoms with Gasteiger partial charge >= 0.3 is 6.09 Å². The topological polar surface area (TPSA) is 140 Å². The average molecular weight is 634 g/mol. The maximum Gasteiger partial charge on any atom is 0.408 e. The monoisotopic (exact) mass is 633 g/mol. The molecule has 4 atom stereocenters. The number of ether oxygens (including phenoxy) is 1. The number of piperidine rings is 1. The van der Waals surface area contributed by atoms with Crippen LogP contribution in [-0.2, 0) is 19.1 Å². The van der Waals surface area contributed by atoms with Crippen molar-refractivity contribution in [1.29, 1.82) is 0 Å². The van der Waals surface area contributed by atoms with Crippen LogP contribution >= 0.6 is 0 Å². The molecule has 4 amide bonds. The fraction of sp³-hybridized carbons (Fsp3) is 0.818. The van der Waals surface area contributed by atoms with Crippen molar-refractivity contribution in [1.82, 2.24) is 25.9 Å². The molecule has 0 aliphatic carbocycles. The number of carbonyl (C=O) groups excluding carboxylic acids is 4. The van der Waals surface area contributed by atoms with Gasteiger partial charge in [0.05, 0.1) is 6.04 Å². The van der Waals surface area contributed by atoms with Crippen molar-refractivity contribution in [2.75, 3.05) is 6.54 Å². The van der Waals surface area contributed by atoms with Crippen LogP contribution in [0, 0.1) is 11.8 Å². The number of carbonyl (C=O) groups is 4. The average Bonchev–Trinajstić information content (AvgIpc) is 3.36. The third kappa shape index (κ3) is 11.3. The molecule has 2 saturated heterocycles. The first-order chi connectivity index (χ1) is 20.5. The Labute approximate surface area is 272 Å². The first-order valence-corrected chi connectivity index (χ1v) is 16.6. The zero-order valence-corrected chi connectivity index (χ0v) is 29.8. The van der Waals surface area contributed by atoms with Crippen LogP contribution in [0.4, 0.5) is 4.79 Å². The quantitative estimate of drug-likeness (QED) is 0.202. The van der Waals surface area contributed by atoms with Crippen LogP contribution in [-0.4, -0.2) is 94.2 Å². The van der Waals surface area contributed by atoms with Crippen molar-refractivity contribution < 1.29 is 29.1 Å². The Morgan fingerprint density at radius 3 is 2.09 bits per heavy atom. The Morgan fingerprint density at radius 2 is 1.58 bits per heavy atom. The van der Waals surface area contributed by atoms with Crippen molar-refractivity contribution in [3.63, 3.8) is 0 Å². The van der Waals surface area contributed by atoms with Gasteiger partial charge in [-0.15, -0.1) is 0 Å². The number of hydrogen-bond acceptors (Lipinski definition) is 7. The number of amides is 4. The van der Waals surface area contributed by atoms with Gasteiger partial charge in [-0.05, 0) is 92.4 Å². The highest BCUT2D eigenvalue weighted by Gasteiger charge is 2.46. The molecule has 11 nitrogen and oxygen atoms in total. The van der Waals surface area contributed by atoms with E-state index < -0.39 is 40.7 Å². The molecule has 0 aromatic carbocycles. The van der Waals surface area contributed by atoms with Gasteiger partial charge in [0.15, 0.2) is 0 Å². The molecule has 0 bridgehead atoms. The number of rotatable bonds is 11. The summed E-state index contributed by atoms with van der Waals surface area (Å²) in [6.45, 7) is 21.5. The number of hydrogen-bond donors (Lipinski definition) is 4. The van der Waals surface area contributed by atoms with E-state index in [0.29, 0.717) is 44.6 Å². The molecule has 0 aromatic heterocycles. The van der Waals surface area contributed by atoms with Gasteiger partial charge in [-0.3, -0.25) is 14.4 Å². The summed E-state index contributed by atoms with van der Waals surface area (Å²) in [5, 5.41) is 21.0. The summed E-state index contributed by atoms with van der Waals surface area (Å²) in [6.07, 6.45) is 6.14. The van der Waals surface area contributed by atoms with Gasteiger partial charge in [-0.1, -0.05) is 39.8 Å². The Hall–Kier alpha value is -2.60. The summed E-state index contributed by atoms with van der Waals surface area (Å²) in [5.74, 6) is -1.14. The van der Waals surface area contributed by atoms with E-state index in [1.165, 1.54) is 5.06 Å². The lowest BCUT2D eigenvalue weighted by atomic mass is 9.79. The molecular weight excluding hydrogens is 573 g/mol. The van der Waals surface area contributed by atoms with Gasteiger partial charge in [-0.25, -0.2) is 4.79 Å². The lowest BCUT2D eigenvalue weighted by molar-refractivity contribution is -0.246. The summed E-state index contributed by atoms with van der Waals surface area (Å²) >= 11 is 0. The molecule has 2 aliphatic rings. The number of nitrogens with one attached hydrogen (secondary N) is 3. The molecule has 45 heavy (non-hydrogen) atoms. The van der Waals surface area contributed by atoms with E-state index >= 15 is 0 Å². The van der Waals surface area contributed by atoms with Crippen molar-refractivity contribution >= 4 is 31.7 Å². The van der Waals surface area contributed by atoms with Crippen LogP contribution in [0.2, 0.25) is 5.82 Å². The van der Waals surface area contributed by atoms with Crippen LogP contribution in [0.15, 0.2) is 12.2 Å². The third-order valence-corrected chi connectivity index (χ3v) is 8.52. The largest absolute Gasteiger partial charge is 0.444 e. The minimum Gasteiger partial charge on any atom is -0.444 e. The normalized spacial score (nSPS) is 22.7. The van der Waals surface area contributed by atoms with E-state index in [-0.39, 0.29) is 35.7 Å². The second-order valence-corrected chi connectivity index (χ2v) is 16.0. The fourth-order valence-corrected chi connectivity index (χ4v) is 6.55. The summed E-state index contributed by atoms with van der Waals surface area (Å²) in [6, 6.07) is -1.89. The molecule has 2 rings (SSSR count). The number of nitrogens with zero attached hydrogens (tertiary/aromatic N) is 2. The van der Waals surface area contributed by atoms with Crippen LogP contribution in [0.3, 0.4) is 0 Å². The second kappa shape index (κ2) is 15.3. The van der Waals surface area contributed by atoms with Crippen molar-refractivity contribution in [2.24, 2.45) is 11.8 Å². The van der Waals surface area contributed by atoms with Gasteiger partial charge in [-0.2, -0.15) is 5.06 Å². The van der Waals surface area contributed by atoms with Crippen molar-refractivity contribution in [3.8, 4) is 0 Å². The van der Waals surface area contributed by atoms with Gasteiger partial charge in [0, 0.05) is 29.5 Å². The van der Waals surface area contributed by atoms with E-state index in [1.807, 2.05) is 68.4 Å². The molecule has 12 heteroatoms. The van der Waals surface area contributed by atoms with Gasteiger partial charge < -0.3 is 30.8 Å². The molecular formula is C33H60BN5O6. The molecule has 2 fully saturated rings. The SMILES string of the molecule is B[C@@H](/C=C/[C@H](CC(C)C)NC(=O)OC(C)(C)C)C(=O)N1CCC[C@H]1C(=O)N[C@H](C(=O)NC1CC(C)(C)N(O)C(C)(C)C1)C(C)C. The van der Waals surface area contributed by atoms with E-state index in [9.17, 15) is 24.4 Å². The number of likely N-dealkylation sites (tertiary alicyclic amines) is 1. The van der Waals surface area contributed by atoms with E-state index in [4.69, 9.17) is 4.74 Å². The molecule has 2 heterocycles. The summed E-state index contributed by atoms with van der Waals surface area (Å²) in [5.41, 5.74) is -1.66. The second-order valence-electron chi connectivity index (χ2n) is 16.0. The molecule has 0 radical (unpaired) electrons.